The summed E-state index contributed by atoms with van der Waals surface area (Å²) >= 11 is 0. The Kier molecular flexibility index (Phi) is 5.53. The van der Waals surface area contributed by atoms with E-state index in [0.717, 1.165) is 10.5 Å². The highest BCUT2D eigenvalue weighted by molar-refractivity contribution is 6.05. The molecule has 156 valence electrons. The Balaban J connectivity index is 1.37. The number of carbonyl (C=O) groups is 3. The number of fused-ring (bicyclic) bond motifs is 1. The van der Waals surface area contributed by atoms with Gasteiger partial charge in [0.25, 0.3) is 5.91 Å². The third-order valence-corrected chi connectivity index (χ3v) is 4.99. The Hall–Kier alpha value is -3.59. The number of imide groups is 1. The molecule has 3 N–H and O–H groups in total. The number of aliphatic hydroxyl groups is 1. The SMILES string of the molecule is O=C(C[C@H]1NC(=O)N(Cc2ccc3c(c2)OCO3)C1=O)N[C@@H](CO)c1ccccc1. The van der Waals surface area contributed by atoms with E-state index in [2.05, 4.69) is 10.6 Å². The molecule has 4 amide bonds. The average molecular weight is 411 g/mol. The van der Waals surface area contributed by atoms with Gasteiger partial charge in [-0.15, -0.1) is 0 Å². The second kappa shape index (κ2) is 8.42. The fourth-order valence-electron chi connectivity index (χ4n) is 3.45. The Morgan fingerprint density at radius 3 is 2.70 bits per heavy atom. The lowest BCUT2D eigenvalue weighted by molar-refractivity contribution is -0.131. The molecule has 30 heavy (non-hydrogen) atoms. The fourth-order valence-corrected chi connectivity index (χ4v) is 3.45. The van der Waals surface area contributed by atoms with Crippen LogP contribution in [0.15, 0.2) is 48.5 Å². The number of hydrogen-bond donors (Lipinski definition) is 3. The molecule has 0 saturated carbocycles. The molecule has 0 aliphatic carbocycles. The van der Waals surface area contributed by atoms with E-state index in [1.54, 1.807) is 42.5 Å². The number of benzene rings is 2. The second-order valence-electron chi connectivity index (χ2n) is 7.03. The van der Waals surface area contributed by atoms with Gasteiger partial charge in [-0.2, -0.15) is 0 Å². The molecule has 0 bridgehead atoms. The molecule has 0 unspecified atom stereocenters. The van der Waals surface area contributed by atoms with Crippen LogP contribution in [0.1, 0.15) is 23.6 Å². The minimum atomic E-state index is -0.957. The summed E-state index contributed by atoms with van der Waals surface area (Å²) < 4.78 is 10.6. The van der Waals surface area contributed by atoms with Gasteiger partial charge < -0.3 is 25.2 Å². The van der Waals surface area contributed by atoms with Crippen molar-refractivity contribution < 1.29 is 29.0 Å². The van der Waals surface area contributed by atoms with Crippen LogP contribution >= 0.6 is 0 Å². The van der Waals surface area contributed by atoms with Gasteiger partial charge >= 0.3 is 6.03 Å². The van der Waals surface area contributed by atoms with E-state index < -0.39 is 29.9 Å². The normalized spacial score (nSPS) is 18.3. The quantitative estimate of drug-likeness (QED) is 0.587. The van der Waals surface area contributed by atoms with Crippen molar-refractivity contribution in [3.63, 3.8) is 0 Å². The van der Waals surface area contributed by atoms with E-state index in [1.807, 2.05) is 6.07 Å². The molecule has 1 fully saturated rings. The maximum absolute atomic E-state index is 12.7. The van der Waals surface area contributed by atoms with Crippen LogP contribution in [0.2, 0.25) is 0 Å². The van der Waals surface area contributed by atoms with E-state index in [9.17, 15) is 19.5 Å². The smallest absolute Gasteiger partial charge is 0.325 e. The molecule has 0 radical (unpaired) electrons. The molecule has 9 nitrogen and oxygen atoms in total. The van der Waals surface area contributed by atoms with Gasteiger partial charge in [-0.3, -0.25) is 14.5 Å². The molecule has 9 heteroatoms. The summed E-state index contributed by atoms with van der Waals surface area (Å²) in [5.41, 5.74) is 1.46. The zero-order chi connectivity index (χ0) is 21.1. The Labute approximate surface area is 172 Å². The molecule has 2 heterocycles. The van der Waals surface area contributed by atoms with Gasteiger partial charge in [-0.1, -0.05) is 36.4 Å². The van der Waals surface area contributed by atoms with Gasteiger partial charge in [0.2, 0.25) is 12.7 Å². The van der Waals surface area contributed by atoms with Crippen molar-refractivity contribution in [2.45, 2.75) is 25.0 Å². The highest BCUT2D eigenvalue weighted by atomic mass is 16.7. The van der Waals surface area contributed by atoms with Crippen molar-refractivity contribution >= 4 is 17.8 Å². The van der Waals surface area contributed by atoms with Gasteiger partial charge in [0.15, 0.2) is 11.5 Å². The summed E-state index contributed by atoms with van der Waals surface area (Å²) in [6, 6.07) is 12.1. The highest BCUT2D eigenvalue weighted by Crippen LogP contribution is 2.33. The van der Waals surface area contributed by atoms with Gasteiger partial charge in [0.1, 0.15) is 6.04 Å². The minimum Gasteiger partial charge on any atom is -0.454 e. The molecule has 2 aliphatic heterocycles. The van der Waals surface area contributed by atoms with Crippen LogP contribution in [0, 0.1) is 0 Å². The van der Waals surface area contributed by atoms with Crippen LogP contribution in [0.4, 0.5) is 4.79 Å². The van der Waals surface area contributed by atoms with Crippen molar-refractivity contribution in [1.82, 2.24) is 15.5 Å². The maximum atomic E-state index is 12.7. The maximum Gasteiger partial charge on any atom is 0.325 e. The summed E-state index contributed by atoms with van der Waals surface area (Å²) in [6.07, 6.45) is -0.217. The fraction of sp³-hybridized carbons (Fsp3) is 0.286. The largest absolute Gasteiger partial charge is 0.454 e. The van der Waals surface area contributed by atoms with Gasteiger partial charge in [0, 0.05) is 0 Å². The highest BCUT2D eigenvalue weighted by Gasteiger charge is 2.39. The third-order valence-electron chi connectivity index (χ3n) is 4.99. The van der Waals surface area contributed by atoms with E-state index in [1.165, 1.54) is 0 Å². The molecule has 2 atom stereocenters. The standard InChI is InChI=1S/C21H21N3O6/c25-11-16(14-4-2-1-3-5-14)22-19(26)9-15-20(27)24(21(28)23-15)10-13-6-7-17-18(8-13)30-12-29-17/h1-8,15-16,25H,9-12H2,(H,22,26)(H,23,28)/t15-,16+/m1/s1. The van der Waals surface area contributed by atoms with Gasteiger partial charge in [-0.25, -0.2) is 4.79 Å². The van der Waals surface area contributed by atoms with Crippen molar-refractivity contribution in [1.29, 1.82) is 0 Å². The molecule has 0 spiro atoms. The third kappa shape index (κ3) is 4.06. The first-order chi connectivity index (χ1) is 14.5. The average Bonchev–Trinajstić information content (AvgIpc) is 3.32. The first-order valence-corrected chi connectivity index (χ1v) is 9.50. The van der Waals surface area contributed by atoms with Crippen molar-refractivity contribution in [3.05, 3.63) is 59.7 Å². The number of urea groups is 1. The molecule has 2 aliphatic rings. The topological polar surface area (TPSA) is 117 Å². The van der Waals surface area contributed by atoms with Gasteiger partial charge in [0.05, 0.1) is 25.6 Å². The van der Waals surface area contributed by atoms with E-state index >= 15 is 0 Å². The number of nitrogens with zero attached hydrogens (tertiary/aromatic N) is 1. The predicted octanol–water partition coefficient (Wildman–Crippen LogP) is 1.08. The molecule has 0 aromatic heterocycles. The molecular weight excluding hydrogens is 390 g/mol. The number of ether oxygens (including phenoxy) is 2. The van der Waals surface area contributed by atoms with E-state index in [4.69, 9.17) is 9.47 Å². The molecule has 2 aromatic carbocycles. The van der Waals surface area contributed by atoms with Crippen LogP contribution in [0.3, 0.4) is 0 Å². The van der Waals surface area contributed by atoms with Crippen molar-refractivity contribution in [2.24, 2.45) is 0 Å². The summed E-state index contributed by atoms with van der Waals surface area (Å²) in [5, 5.41) is 14.8. The lowest BCUT2D eigenvalue weighted by atomic mass is 10.1. The summed E-state index contributed by atoms with van der Waals surface area (Å²) in [4.78, 5) is 38.4. The molecule has 2 aromatic rings. The number of hydrogen-bond acceptors (Lipinski definition) is 6. The summed E-state index contributed by atoms with van der Waals surface area (Å²) in [5.74, 6) is 0.253. The van der Waals surface area contributed by atoms with Crippen molar-refractivity contribution in [3.8, 4) is 11.5 Å². The molecular formula is C21H21N3O6. The Bertz CT molecular complexity index is 964. The first-order valence-electron chi connectivity index (χ1n) is 9.50. The molecule has 4 rings (SSSR count). The van der Waals surface area contributed by atoms with Crippen LogP contribution < -0.4 is 20.1 Å². The zero-order valence-electron chi connectivity index (χ0n) is 16.0. The Morgan fingerprint density at radius 2 is 1.93 bits per heavy atom. The predicted molar refractivity (Wildman–Crippen MR) is 104 cm³/mol. The van der Waals surface area contributed by atoms with Crippen molar-refractivity contribution in [2.75, 3.05) is 13.4 Å². The lowest BCUT2D eigenvalue weighted by Crippen LogP contribution is -2.38. The van der Waals surface area contributed by atoms with Crippen LogP contribution in [0.5, 0.6) is 11.5 Å². The molecule has 1 saturated heterocycles. The number of carbonyl (C=O) groups excluding carboxylic acids is 3. The summed E-state index contributed by atoms with van der Waals surface area (Å²) in [7, 11) is 0. The number of nitrogens with one attached hydrogen (secondary N) is 2. The number of aliphatic hydroxyl groups excluding tert-OH is 1. The lowest BCUT2D eigenvalue weighted by Gasteiger charge is -2.18. The zero-order valence-corrected chi connectivity index (χ0v) is 16.0. The van der Waals surface area contributed by atoms with E-state index in [-0.39, 0.29) is 26.4 Å². The number of amides is 4. The Morgan fingerprint density at radius 1 is 1.17 bits per heavy atom. The summed E-state index contributed by atoms with van der Waals surface area (Å²) in [6.45, 7) is -0.0867. The van der Waals surface area contributed by atoms with Crippen LogP contribution in [0.25, 0.3) is 0 Å². The minimum absolute atomic E-state index is 0.0582. The monoisotopic (exact) mass is 411 g/mol. The number of rotatable bonds is 7. The van der Waals surface area contributed by atoms with Crippen LogP contribution in [-0.2, 0) is 16.1 Å². The van der Waals surface area contributed by atoms with Crippen LogP contribution in [-0.4, -0.2) is 47.3 Å². The first kappa shape index (κ1) is 19.7. The van der Waals surface area contributed by atoms with Gasteiger partial charge in [-0.05, 0) is 23.3 Å². The second-order valence-corrected chi connectivity index (χ2v) is 7.03. The van der Waals surface area contributed by atoms with E-state index in [0.29, 0.717) is 17.1 Å².